The number of piperidine rings is 1. The summed E-state index contributed by atoms with van der Waals surface area (Å²) in [7, 11) is 0. The van der Waals surface area contributed by atoms with E-state index < -0.39 is 0 Å². The molecule has 2 atom stereocenters. The van der Waals surface area contributed by atoms with Crippen LogP contribution in [0.4, 0.5) is 0 Å². The number of rotatable bonds is 0. The molecule has 2 aliphatic rings. The zero-order valence-electron chi connectivity index (χ0n) is 3.78. The molecule has 1 aliphatic heterocycles. The van der Waals surface area contributed by atoms with Crippen LogP contribution in [0.25, 0.3) is 0 Å². The maximum Gasteiger partial charge on any atom is 0.0108 e. The predicted molar refractivity (Wildman–Crippen MR) is 24.5 cm³/mol. The third-order valence-corrected chi connectivity index (χ3v) is 2.06. The Morgan fingerprint density at radius 2 is 2.17 bits per heavy atom. The first kappa shape index (κ1) is 3.03. The van der Waals surface area contributed by atoms with Crippen molar-refractivity contribution in [3.63, 3.8) is 0 Å². The summed E-state index contributed by atoms with van der Waals surface area (Å²) in [4.78, 5) is 0. The van der Waals surface area contributed by atoms with E-state index in [9.17, 15) is 0 Å². The minimum Gasteiger partial charge on any atom is -0.313 e. The van der Waals surface area contributed by atoms with Crippen LogP contribution in [-0.2, 0) is 0 Å². The predicted octanol–water partition coefficient (Wildman–Crippen LogP) is 0.368. The van der Waals surface area contributed by atoms with Crippen molar-refractivity contribution in [1.29, 1.82) is 0 Å². The van der Waals surface area contributed by atoms with E-state index >= 15 is 0 Å². The number of nitrogens with one attached hydrogen (secondary N) is 1. The lowest BCUT2D eigenvalue weighted by molar-refractivity contribution is 0.111. The Bertz CT molecular complexity index is 52.3. The van der Waals surface area contributed by atoms with Gasteiger partial charge in [-0.2, -0.15) is 0 Å². The Kier molecular flexibility index (Phi) is 0.396. The van der Waals surface area contributed by atoms with Crippen molar-refractivity contribution >= 4 is 0 Å². The maximum absolute atomic E-state index is 3.34. The summed E-state index contributed by atoms with van der Waals surface area (Å²) >= 11 is 0. The lowest BCUT2D eigenvalue weighted by Gasteiger charge is -2.47. The SMILES string of the molecule is C1C[C@@H]2NCC12. The van der Waals surface area contributed by atoms with Gasteiger partial charge >= 0.3 is 0 Å². The molecular weight excluding hydrogens is 74.1 g/mol. The van der Waals surface area contributed by atoms with Gasteiger partial charge in [0.05, 0.1) is 0 Å². The van der Waals surface area contributed by atoms with Gasteiger partial charge < -0.3 is 5.32 Å². The number of hydrogen-bond acceptors (Lipinski definition) is 1. The summed E-state index contributed by atoms with van der Waals surface area (Å²) in [5, 5.41) is 3.34. The van der Waals surface area contributed by atoms with Gasteiger partial charge in [-0.05, 0) is 25.3 Å². The van der Waals surface area contributed by atoms with Gasteiger partial charge in [-0.25, -0.2) is 0 Å². The first-order valence-electron chi connectivity index (χ1n) is 2.70. The van der Waals surface area contributed by atoms with E-state index in [1.54, 1.807) is 0 Å². The van der Waals surface area contributed by atoms with E-state index in [0.717, 1.165) is 12.0 Å². The number of fused-ring (bicyclic) bond motifs is 1. The number of hydrogen-bond donors (Lipinski definition) is 1. The molecule has 1 N–H and O–H groups in total. The summed E-state index contributed by atoms with van der Waals surface area (Å²) < 4.78 is 0. The molecule has 0 aromatic carbocycles. The topological polar surface area (TPSA) is 12.0 Å². The highest BCUT2D eigenvalue weighted by Crippen LogP contribution is 2.32. The zero-order chi connectivity index (χ0) is 3.98. The van der Waals surface area contributed by atoms with Crippen molar-refractivity contribution in [1.82, 2.24) is 5.32 Å². The first-order chi connectivity index (χ1) is 2.97. The van der Waals surface area contributed by atoms with E-state index in [0.29, 0.717) is 0 Å². The molecule has 0 aromatic rings. The van der Waals surface area contributed by atoms with E-state index in [2.05, 4.69) is 5.32 Å². The quantitative estimate of drug-likeness (QED) is 0.446. The van der Waals surface area contributed by atoms with Crippen LogP contribution in [0, 0.1) is 5.92 Å². The van der Waals surface area contributed by atoms with Crippen molar-refractivity contribution in [2.24, 2.45) is 5.92 Å². The van der Waals surface area contributed by atoms with Crippen LogP contribution in [0.5, 0.6) is 0 Å². The highest BCUT2D eigenvalue weighted by molar-refractivity contribution is 4.96. The molecule has 1 aliphatic carbocycles. The molecule has 2 rings (SSSR count). The second kappa shape index (κ2) is 0.784. The summed E-state index contributed by atoms with van der Waals surface area (Å²) in [6.07, 6.45) is 2.95. The molecule has 34 valence electrons. The molecule has 0 bridgehead atoms. The van der Waals surface area contributed by atoms with Crippen molar-refractivity contribution in [2.75, 3.05) is 6.54 Å². The van der Waals surface area contributed by atoms with Gasteiger partial charge in [0.2, 0.25) is 0 Å². The molecular formula is C5H9N. The third-order valence-electron chi connectivity index (χ3n) is 2.06. The largest absolute Gasteiger partial charge is 0.313 e. The molecule has 1 saturated carbocycles. The van der Waals surface area contributed by atoms with Gasteiger partial charge in [0.15, 0.2) is 0 Å². The lowest BCUT2D eigenvalue weighted by atomic mass is 9.74. The molecule has 1 heteroatoms. The fourth-order valence-electron chi connectivity index (χ4n) is 1.22. The van der Waals surface area contributed by atoms with Gasteiger partial charge in [0.25, 0.3) is 0 Å². The van der Waals surface area contributed by atoms with Crippen LogP contribution in [-0.4, -0.2) is 12.6 Å². The van der Waals surface area contributed by atoms with Crippen molar-refractivity contribution in [3.05, 3.63) is 0 Å². The molecule has 2 fully saturated rings. The highest BCUT2D eigenvalue weighted by atomic mass is 15.0. The summed E-state index contributed by atoms with van der Waals surface area (Å²) in [5.41, 5.74) is 0. The Hall–Kier alpha value is -0.0400. The molecule has 0 amide bonds. The smallest absolute Gasteiger partial charge is 0.0108 e. The first-order valence-corrected chi connectivity index (χ1v) is 2.70. The second-order valence-electron chi connectivity index (χ2n) is 2.35. The molecule has 1 nitrogen and oxygen atoms in total. The Labute approximate surface area is 37.7 Å². The molecule has 0 aromatic heterocycles. The average molecular weight is 83.1 g/mol. The Morgan fingerprint density at radius 3 is 2.17 bits per heavy atom. The Balaban J connectivity index is 2.03. The average Bonchev–Trinajstić information content (AvgIpc) is 1.54. The highest BCUT2D eigenvalue weighted by Gasteiger charge is 2.37. The van der Waals surface area contributed by atoms with Gasteiger partial charge in [0.1, 0.15) is 0 Å². The fourth-order valence-corrected chi connectivity index (χ4v) is 1.22. The molecule has 1 heterocycles. The molecule has 1 saturated heterocycles. The zero-order valence-corrected chi connectivity index (χ0v) is 3.78. The molecule has 0 spiro atoms. The molecule has 1 unspecified atom stereocenters. The summed E-state index contributed by atoms with van der Waals surface area (Å²) in [6.45, 7) is 1.31. The lowest BCUT2D eigenvalue weighted by Crippen LogP contribution is -2.59. The van der Waals surface area contributed by atoms with Gasteiger partial charge in [-0.3, -0.25) is 0 Å². The normalized spacial score (nSPS) is 52.0. The monoisotopic (exact) mass is 83.1 g/mol. The van der Waals surface area contributed by atoms with Crippen LogP contribution >= 0.6 is 0 Å². The molecule has 6 heavy (non-hydrogen) atoms. The van der Waals surface area contributed by atoms with Crippen LogP contribution < -0.4 is 5.32 Å². The van der Waals surface area contributed by atoms with Gasteiger partial charge in [-0.1, -0.05) is 0 Å². The van der Waals surface area contributed by atoms with E-state index in [-0.39, 0.29) is 0 Å². The van der Waals surface area contributed by atoms with Crippen LogP contribution in [0.15, 0.2) is 0 Å². The third kappa shape index (κ3) is 0.178. The maximum atomic E-state index is 3.34. The van der Waals surface area contributed by atoms with Gasteiger partial charge in [0, 0.05) is 6.04 Å². The van der Waals surface area contributed by atoms with E-state index in [1.807, 2.05) is 0 Å². The molecule has 0 radical (unpaired) electrons. The fraction of sp³-hybridized carbons (Fsp3) is 1.00. The van der Waals surface area contributed by atoms with Crippen LogP contribution in [0.2, 0.25) is 0 Å². The van der Waals surface area contributed by atoms with Crippen LogP contribution in [0.3, 0.4) is 0 Å². The van der Waals surface area contributed by atoms with E-state index in [4.69, 9.17) is 0 Å². The minimum atomic E-state index is 0.963. The van der Waals surface area contributed by atoms with Crippen molar-refractivity contribution in [2.45, 2.75) is 18.9 Å². The van der Waals surface area contributed by atoms with Crippen LogP contribution in [0.1, 0.15) is 12.8 Å². The van der Waals surface area contributed by atoms with E-state index in [1.165, 1.54) is 19.4 Å². The summed E-state index contributed by atoms with van der Waals surface area (Å²) in [5.74, 6) is 1.10. The standard InChI is InChI=1S/C5H9N/c1-2-5-4(1)3-6-5/h4-6H,1-3H2/t4?,5-/m0/s1. The Morgan fingerprint density at radius 1 is 1.33 bits per heavy atom. The van der Waals surface area contributed by atoms with Gasteiger partial charge in [-0.15, -0.1) is 0 Å². The van der Waals surface area contributed by atoms with Crippen molar-refractivity contribution < 1.29 is 0 Å². The van der Waals surface area contributed by atoms with Crippen molar-refractivity contribution in [3.8, 4) is 0 Å². The minimum absolute atomic E-state index is 0.963. The summed E-state index contributed by atoms with van der Waals surface area (Å²) in [6, 6.07) is 0.963. The second-order valence-corrected chi connectivity index (χ2v) is 2.35.